The Kier molecular flexibility index (Phi) is 5.48. The highest BCUT2D eigenvalue weighted by Crippen LogP contribution is 2.53. The fourth-order valence-electron chi connectivity index (χ4n) is 5.94. The number of benzene rings is 2. The van der Waals surface area contributed by atoms with Crippen molar-refractivity contribution in [3.63, 3.8) is 0 Å². The highest BCUT2D eigenvalue weighted by atomic mass is 19.1. The second-order valence-corrected chi connectivity index (χ2v) is 9.38. The van der Waals surface area contributed by atoms with Crippen molar-refractivity contribution in [3.8, 4) is 6.07 Å². The van der Waals surface area contributed by atoms with Gasteiger partial charge in [0.15, 0.2) is 5.78 Å². The first-order valence-electron chi connectivity index (χ1n) is 11.3. The van der Waals surface area contributed by atoms with Gasteiger partial charge in [-0.2, -0.15) is 5.26 Å². The van der Waals surface area contributed by atoms with Gasteiger partial charge < -0.3 is 5.11 Å². The molecule has 2 fully saturated rings. The monoisotopic (exact) mass is 428 g/mol. The molecule has 0 radical (unpaired) electrons. The van der Waals surface area contributed by atoms with Crippen LogP contribution in [0.5, 0.6) is 0 Å². The van der Waals surface area contributed by atoms with Crippen LogP contribution in [0.15, 0.2) is 54.7 Å². The summed E-state index contributed by atoms with van der Waals surface area (Å²) in [4.78, 5) is 17.1. The zero-order valence-corrected chi connectivity index (χ0v) is 17.7. The Morgan fingerprint density at radius 1 is 1.09 bits per heavy atom. The van der Waals surface area contributed by atoms with E-state index >= 15 is 0 Å². The summed E-state index contributed by atoms with van der Waals surface area (Å²) in [6.45, 7) is 0. The fourth-order valence-corrected chi connectivity index (χ4v) is 5.94. The molecule has 0 aliphatic heterocycles. The summed E-state index contributed by atoms with van der Waals surface area (Å²) in [5.74, 6) is 0.951. The van der Waals surface area contributed by atoms with Gasteiger partial charge in [-0.3, -0.25) is 9.78 Å². The minimum absolute atomic E-state index is 0.00320. The average molecular weight is 429 g/mol. The van der Waals surface area contributed by atoms with Crippen LogP contribution in [-0.4, -0.2) is 22.0 Å². The lowest BCUT2D eigenvalue weighted by Crippen LogP contribution is -2.30. The van der Waals surface area contributed by atoms with E-state index in [0.29, 0.717) is 23.3 Å². The standard InChI is InChI=1S/C27H25FN2O2/c28-22-5-6-25-24(14-22)23(7-8-30-25)20-10-18-12-21(13-19(18)11-20)27(32)26(31)9-16-1-3-17(15-29)4-2-16/h1-8,14,18-21,27,32H,9-13H2/t18-,19+,20?,21?,27?. The van der Waals surface area contributed by atoms with Crippen LogP contribution in [0.25, 0.3) is 10.9 Å². The van der Waals surface area contributed by atoms with Gasteiger partial charge in [0.25, 0.3) is 0 Å². The summed E-state index contributed by atoms with van der Waals surface area (Å²) in [5.41, 5.74) is 3.37. The Hall–Kier alpha value is -3.10. The SMILES string of the molecule is N#Cc1ccc(CC(=O)C(O)C2C[C@H]3CC(c4ccnc5ccc(F)cc45)C[C@H]3C2)cc1. The van der Waals surface area contributed by atoms with Crippen LogP contribution in [0.4, 0.5) is 4.39 Å². The number of carbonyl (C=O) groups excluding carboxylic acids is 1. The molecule has 5 heteroatoms. The van der Waals surface area contributed by atoms with Gasteiger partial charge in [0.1, 0.15) is 11.9 Å². The molecule has 2 aliphatic rings. The molecule has 4 nitrogen and oxygen atoms in total. The third kappa shape index (κ3) is 3.91. The third-order valence-electron chi connectivity index (χ3n) is 7.47. The van der Waals surface area contributed by atoms with E-state index in [9.17, 15) is 14.3 Å². The molecule has 32 heavy (non-hydrogen) atoms. The first-order chi connectivity index (χ1) is 15.5. The molecule has 2 aliphatic carbocycles. The zero-order chi connectivity index (χ0) is 22.2. The molecule has 1 aromatic heterocycles. The van der Waals surface area contributed by atoms with E-state index in [1.165, 1.54) is 6.07 Å². The van der Waals surface area contributed by atoms with E-state index in [-0.39, 0.29) is 23.9 Å². The molecule has 3 aromatic rings. The van der Waals surface area contributed by atoms with Gasteiger partial charge >= 0.3 is 0 Å². The second-order valence-electron chi connectivity index (χ2n) is 9.38. The smallest absolute Gasteiger partial charge is 0.165 e. The normalized spacial score (nSPS) is 25.4. The van der Waals surface area contributed by atoms with Crippen molar-refractivity contribution < 1.29 is 14.3 Å². The van der Waals surface area contributed by atoms with Crippen LogP contribution in [0.1, 0.15) is 48.3 Å². The largest absolute Gasteiger partial charge is 0.385 e. The molecule has 0 saturated heterocycles. The van der Waals surface area contributed by atoms with E-state index in [0.717, 1.165) is 47.7 Å². The highest BCUT2D eigenvalue weighted by molar-refractivity contribution is 5.85. The number of carbonyl (C=O) groups is 1. The van der Waals surface area contributed by atoms with Gasteiger partial charge in [0.2, 0.25) is 0 Å². The topological polar surface area (TPSA) is 74.0 Å². The maximum absolute atomic E-state index is 13.8. The van der Waals surface area contributed by atoms with Gasteiger partial charge in [0, 0.05) is 18.0 Å². The van der Waals surface area contributed by atoms with Gasteiger partial charge in [-0.1, -0.05) is 12.1 Å². The molecular weight excluding hydrogens is 403 g/mol. The lowest BCUT2D eigenvalue weighted by atomic mass is 9.87. The van der Waals surface area contributed by atoms with Crippen LogP contribution in [0.2, 0.25) is 0 Å². The number of hydrogen-bond acceptors (Lipinski definition) is 4. The lowest BCUT2D eigenvalue weighted by Gasteiger charge is -2.20. The van der Waals surface area contributed by atoms with E-state index in [2.05, 4.69) is 11.1 Å². The van der Waals surface area contributed by atoms with E-state index in [1.54, 1.807) is 42.6 Å². The van der Waals surface area contributed by atoms with Gasteiger partial charge in [-0.15, -0.1) is 0 Å². The van der Waals surface area contributed by atoms with Crippen LogP contribution < -0.4 is 0 Å². The Bertz CT molecular complexity index is 1190. The highest BCUT2D eigenvalue weighted by Gasteiger charge is 2.45. The molecule has 5 rings (SSSR count). The number of hydrogen-bond donors (Lipinski definition) is 1. The van der Waals surface area contributed by atoms with Crippen molar-refractivity contribution in [2.45, 2.75) is 44.1 Å². The lowest BCUT2D eigenvalue weighted by molar-refractivity contribution is -0.129. The minimum Gasteiger partial charge on any atom is -0.385 e. The van der Waals surface area contributed by atoms with Crippen molar-refractivity contribution in [2.24, 2.45) is 17.8 Å². The van der Waals surface area contributed by atoms with Crippen molar-refractivity contribution in [1.82, 2.24) is 4.98 Å². The molecule has 0 spiro atoms. The number of aromatic nitrogens is 1. The van der Waals surface area contributed by atoms with Gasteiger partial charge in [-0.25, -0.2) is 4.39 Å². The number of Topliss-reactive ketones (excluding diaryl/α,β-unsaturated/α-hetero) is 1. The van der Waals surface area contributed by atoms with Crippen molar-refractivity contribution in [2.75, 3.05) is 0 Å². The Morgan fingerprint density at radius 3 is 2.50 bits per heavy atom. The van der Waals surface area contributed by atoms with E-state index in [1.807, 2.05) is 6.07 Å². The number of pyridine rings is 1. The van der Waals surface area contributed by atoms with Gasteiger partial charge in [0.05, 0.1) is 17.1 Å². The van der Waals surface area contributed by atoms with Crippen LogP contribution in [0, 0.1) is 34.9 Å². The second kappa shape index (κ2) is 8.44. The zero-order valence-electron chi connectivity index (χ0n) is 17.7. The number of aliphatic hydroxyl groups excluding tert-OH is 1. The number of ketones is 1. The number of halogens is 1. The summed E-state index contributed by atoms with van der Waals surface area (Å²) < 4.78 is 13.8. The predicted molar refractivity (Wildman–Crippen MR) is 119 cm³/mol. The minimum atomic E-state index is -0.939. The summed E-state index contributed by atoms with van der Waals surface area (Å²) in [7, 11) is 0. The van der Waals surface area contributed by atoms with Crippen LogP contribution in [-0.2, 0) is 11.2 Å². The third-order valence-corrected chi connectivity index (χ3v) is 7.47. The summed E-state index contributed by atoms with van der Waals surface area (Å²) in [5, 5.41) is 20.5. The average Bonchev–Trinajstić information content (AvgIpc) is 3.38. The molecule has 0 amide bonds. The predicted octanol–water partition coefficient (Wildman–Crippen LogP) is 4.94. The molecule has 3 unspecified atom stereocenters. The molecule has 1 heterocycles. The molecular formula is C27H25FN2O2. The van der Waals surface area contributed by atoms with E-state index in [4.69, 9.17) is 5.26 Å². The first kappa shape index (κ1) is 20.8. The number of aliphatic hydroxyl groups is 1. The summed E-state index contributed by atoms with van der Waals surface area (Å²) in [6.07, 6.45) is 4.79. The maximum atomic E-state index is 13.8. The molecule has 2 saturated carbocycles. The van der Waals surface area contributed by atoms with Crippen LogP contribution in [0.3, 0.4) is 0 Å². The molecule has 0 bridgehead atoms. The Morgan fingerprint density at radius 2 is 1.81 bits per heavy atom. The Labute approximate surface area is 186 Å². The Balaban J connectivity index is 1.23. The maximum Gasteiger partial charge on any atom is 0.165 e. The number of nitrogens with zero attached hydrogens (tertiary/aromatic N) is 2. The quantitative estimate of drug-likeness (QED) is 0.625. The first-order valence-corrected chi connectivity index (χ1v) is 11.3. The van der Waals surface area contributed by atoms with Gasteiger partial charge in [-0.05, 0) is 96.9 Å². The van der Waals surface area contributed by atoms with Crippen molar-refractivity contribution >= 4 is 16.7 Å². The number of fused-ring (bicyclic) bond motifs is 2. The van der Waals surface area contributed by atoms with Crippen molar-refractivity contribution in [1.29, 1.82) is 5.26 Å². The molecule has 2 aromatic carbocycles. The number of rotatable bonds is 5. The van der Waals surface area contributed by atoms with Crippen molar-refractivity contribution in [3.05, 3.63) is 77.2 Å². The fraction of sp³-hybridized carbons (Fsp3) is 0.370. The van der Waals surface area contributed by atoms with E-state index < -0.39 is 6.10 Å². The molecule has 162 valence electrons. The van der Waals surface area contributed by atoms with Crippen LogP contribution >= 0.6 is 0 Å². The molecule has 1 N–H and O–H groups in total. The molecule has 5 atom stereocenters. The summed E-state index contributed by atoms with van der Waals surface area (Å²) >= 11 is 0. The summed E-state index contributed by atoms with van der Waals surface area (Å²) in [6, 6.07) is 15.8. The number of nitriles is 1.